The van der Waals surface area contributed by atoms with Gasteiger partial charge < -0.3 is 89.5 Å². The van der Waals surface area contributed by atoms with Crippen molar-refractivity contribution in [3.63, 3.8) is 0 Å². The number of hydrogen-bond acceptors (Lipinski definition) is 18. The third-order valence-corrected chi connectivity index (χ3v) is 12.0. The Morgan fingerprint density at radius 3 is 1.78 bits per heavy atom. The molecule has 20 nitrogen and oxygen atoms in total. The molecular weight excluding hydrogens is 875 g/mol. The topological polar surface area (TPSA) is 374 Å². The van der Waals surface area contributed by atoms with Crippen molar-refractivity contribution < 1.29 is 96.0 Å². The molecule has 5 rings (SSSR count). The second-order valence-corrected chi connectivity index (χ2v) is 16.1. The summed E-state index contributed by atoms with van der Waals surface area (Å²) in [6, 6.07) is 0. The van der Waals surface area contributed by atoms with Gasteiger partial charge in [0.25, 0.3) is 0 Å². The second-order valence-electron chi connectivity index (χ2n) is 16.1. The maximum atomic E-state index is 12.4. The van der Waals surface area contributed by atoms with Crippen LogP contribution in [0.3, 0.4) is 0 Å². The first-order valence-corrected chi connectivity index (χ1v) is 19.5. The third kappa shape index (κ3) is 11.2. The Balaban J connectivity index is 0.00000871. The Bertz CT molecular complexity index is 2320. The average molecular weight is 914 g/mol. The van der Waals surface area contributed by atoms with Crippen LogP contribution in [-0.4, -0.2) is 59.2 Å². The first-order valence-electron chi connectivity index (χ1n) is 19.5. The second kappa shape index (κ2) is 19.8. The normalized spacial score (nSPS) is 25.2. The molecule has 0 aliphatic carbocycles. The number of fused-ring (bicyclic) bond motifs is 6. The van der Waals surface area contributed by atoms with Crippen molar-refractivity contribution in [3.05, 3.63) is 68.3 Å². The first-order chi connectivity index (χ1) is 29.0. The Labute approximate surface area is 369 Å². The van der Waals surface area contributed by atoms with Gasteiger partial charge in [-0.15, -0.1) is 11.4 Å². The zero-order chi connectivity index (χ0) is 45.8. The molecule has 0 aromatic carbocycles. The number of carbonyl (C=O) groups is 8. The zero-order valence-corrected chi connectivity index (χ0v) is 34.9. The molecule has 339 valence electrons. The van der Waals surface area contributed by atoms with Gasteiger partial charge in [-0.1, -0.05) is 37.1 Å². The van der Waals surface area contributed by atoms with E-state index in [1.54, 1.807) is 0 Å². The maximum Gasteiger partial charge on any atom is 2.00 e. The molecule has 1 fully saturated rings. The van der Waals surface area contributed by atoms with Gasteiger partial charge >= 0.3 is 16.8 Å². The summed E-state index contributed by atoms with van der Waals surface area (Å²) >= 11 is 0. The van der Waals surface area contributed by atoms with E-state index in [0.29, 0.717) is 0 Å². The summed E-state index contributed by atoms with van der Waals surface area (Å²) in [5, 5.41) is 101. The number of rotatable bonds is 20. The molecule has 1 saturated heterocycles. The van der Waals surface area contributed by atoms with Crippen LogP contribution >= 0.6 is 0 Å². The molecule has 5 atom stereocenters. The summed E-state index contributed by atoms with van der Waals surface area (Å²) in [6.45, 7) is 2.87. The van der Waals surface area contributed by atoms with E-state index >= 15 is 0 Å². The number of aromatic nitrogens is 1. The molecule has 1 radical (unpaired) electrons. The molecule has 0 amide bonds. The molecule has 0 spiro atoms. The molecule has 1 aromatic heterocycles. The number of hydrogen-bond donors (Lipinski definition) is 0. The number of allylic oxidation sites excluding steroid dienone is 7. The molecule has 4 aliphatic heterocycles. The van der Waals surface area contributed by atoms with Gasteiger partial charge in [0, 0.05) is 88.5 Å². The van der Waals surface area contributed by atoms with Crippen LogP contribution in [0, 0.1) is 28.6 Å². The van der Waals surface area contributed by atoms with Crippen molar-refractivity contribution in [2.75, 3.05) is 0 Å². The van der Waals surface area contributed by atoms with E-state index in [-0.39, 0.29) is 111 Å². The Kier molecular flexibility index (Phi) is 15.5. The van der Waals surface area contributed by atoms with Crippen molar-refractivity contribution >= 4 is 65.3 Å². The van der Waals surface area contributed by atoms with E-state index in [4.69, 9.17) is 10.3 Å². The molecule has 0 N–H and O–H groups in total. The quantitative estimate of drug-likeness (QED) is 0.117. The van der Waals surface area contributed by atoms with Crippen LogP contribution in [0.1, 0.15) is 101 Å². The van der Waals surface area contributed by atoms with E-state index in [9.17, 15) is 79.2 Å². The minimum Gasteiger partial charge on any atom is -0.664 e. The fraction of sp³-hybridized carbons (Fsp3) is 0.476. The number of aliphatic carboxylic acids is 8. The molecule has 21 heteroatoms. The van der Waals surface area contributed by atoms with Crippen LogP contribution in [0.4, 0.5) is 0 Å². The molecule has 1 unspecified atom stereocenters. The maximum absolute atomic E-state index is 12.4. The number of carbonyl (C=O) groups excluding carboxylic acids is 8. The third-order valence-electron chi connectivity index (χ3n) is 12.0. The zero-order valence-electron chi connectivity index (χ0n) is 33.8. The number of aliphatic imine (C=N–C) groups is 2. The number of nitrogens with zero attached hydrogens (tertiary/aromatic N) is 4. The van der Waals surface area contributed by atoms with Crippen LogP contribution < -0.4 is 45.8 Å². The van der Waals surface area contributed by atoms with Gasteiger partial charge in [0.15, 0.2) is 0 Å². The van der Waals surface area contributed by atoms with Gasteiger partial charge in [-0.25, -0.2) is 0 Å². The van der Waals surface area contributed by atoms with Crippen LogP contribution in [0.25, 0.3) is 11.4 Å². The summed E-state index contributed by atoms with van der Waals surface area (Å²) in [6.07, 6.45) is -3.62. The average Bonchev–Trinajstić information content (AvgIpc) is 3.77. The molecule has 5 heterocycles. The smallest absolute Gasteiger partial charge is 0.664 e. The summed E-state index contributed by atoms with van der Waals surface area (Å²) in [7, 11) is 0. The van der Waals surface area contributed by atoms with Crippen molar-refractivity contribution in [2.45, 2.75) is 97.3 Å². The molecule has 63 heavy (non-hydrogen) atoms. The Morgan fingerprint density at radius 1 is 0.651 bits per heavy atom. The van der Waals surface area contributed by atoms with Gasteiger partial charge in [0.2, 0.25) is 0 Å². The first kappa shape index (κ1) is 49.3. The fourth-order valence-electron chi connectivity index (χ4n) is 9.08. The standard InChI is InChI=1S/C42H47N4O16.Co/c1-41(17-39(59)60)23(5-9-35(51)52)29-14-27-21(11-37(55)56)19(3-7-33(47)48)25(43-27)13-26-20(4-8-34(49)50)22(12-38(57)58)28(44-26)15-31-42(2,18-40(61)62)24(6-10-36(53)54)30(46-31)16-32(41)45-29;/h14-16,21,23-24H,3-13,17-18H2,1-2H3,(H9,43,45,46,47,48,49,50,51,52,53,54,55,56,57,58,59,60,61,62);/q-1;+2/p-9/b31-15-;/t21?,23-,24-,41+,42+;/m1./s1. The fourth-order valence-corrected chi connectivity index (χ4v) is 9.08. The van der Waals surface area contributed by atoms with Gasteiger partial charge in [-0.3, -0.25) is 9.98 Å². The van der Waals surface area contributed by atoms with Gasteiger partial charge in [-0.05, 0) is 100 Å². The number of carboxylic acid groups (broad SMARTS) is 8. The minimum absolute atomic E-state index is 0. The largest absolute Gasteiger partial charge is 2.00 e. The van der Waals surface area contributed by atoms with Crippen molar-refractivity contribution in [1.29, 1.82) is 0 Å². The van der Waals surface area contributed by atoms with E-state index in [2.05, 4.69) is 9.98 Å². The van der Waals surface area contributed by atoms with E-state index in [0.717, 1.165) is 0 Å². The summed E-state index contributed by atoms with van der Waals surface area (Å²) < 4.78 is 0. The van der Waals surface area contributed by atoms with Gasteiger partial charge in [0.1, 0.15) is 0 Å². The predicted molar refractivity (Wildman–Crippen MR) is 193 cm³/mol. The minimum atomic E-state index is -1.66. The summed E-state index contributed by atoms with van der Waals surface area (Å²) in [5.74, 6) is -16.0. The van der Waals surface area contributed by atoms with Crippen LogP contribution in [0.5, 0.6) is 0 Å². The summed E-state index contributed by atoms with van der Waals surface area (Å²) in [5.41, 5.74) is -3.51. The monoisotopic (exact) mass is 913 g/mol. The van der Waals surface area contributed by atoms with Gasteiger partial charge in [0.05, 0.1) is 5.71 Å². The summed E-state index contributed by atoms with van der Waals surface area (Å²) in [4.78, 5) is 111. The van der Waals surface area contributed by atoms with E-state index < -0.39 is 128 Å². The van der Waals surface area contributed by atoms with Gasteiger partial charge in [-0.2, -0.15) is 11.4 Å². The van der Waals surface area contributed by atoms with Crippen LogP contribution in [-0.2, 0) is 74.4 Å². The van der Waals surface area contributed by atoms with Crippen molar-refractivity contribution in [1.82, 2.24) is 4.98 Å². The SMILES string of the molecule is C[C@@]1(CC(=O)[O-])C2=N/C(=C\C3=NC(=C(CCC(=O)[O-])C3CC(=O)[O-])Cc3[n-]c(c(CC(=O)[O-])c3CCC(=O)[O-])/C=C3\[N-]C(=C2)[C@@H](CCC(=O)[O-])[C@]3(C)CC(=O)[O-])[C@H]1CCC(=O)[O-].[Co+2]. The molecular formula is C42H38CoN4O16-8. The predicted octanol–water partition coefficient (Wildman–Crippen LogP) is -6.30. The van der Waals surface area contributed by atoms with E-state index in [1.807, 2.05) is 0 Å². The van der Waals surface area contributed by atoms with Crippen LogP contribution in [0.15, 0.2) is 50.5 Å². The molecule has 4 aliphatic rings. The van der Waals surface area contributed by atoms with E-state index in [1.165, 1.54) is 32.1 Å². The number of carboxylic acids is 8. The molecule has 0 saturated carbocycles. The van der Waals surface area contributed by atoms with Crippen molar-refractivity contribution in [2.24, 2.45) is 38.6 Å². The Hall–Kier alpha value is -6.35. The molecule has 8 bridgehead atoms. The van der Waals surface area contributed by atoms with Crippen molar-refractivity contribution in [3.8, 4) is 0 Å². The van der Waals surface area contributed by atoms with Crippen LogP contribution in [0.2, 0.25) is 0 Å². The Morgan fingerprint density at radius 2 is 1.22 bits per heavy atom. The molecule has 1 aromatic rings.